The highest BCUT2D eigenvalue weighted by Crippen LogP contribution is 2.40. The van der Waals surface area contributed by atoms with Crippen molar-refractivity contribution >= 4 is 0 Å². The zero-order chi connectivity index (χ0) is 13.5. The fraction of sp³-hybridized carbons (Fsp3) is 0.647. The molecule has 1 aliphatic carbocycles. The zero-order valence-electron chi connectivity index (χ0n) is 12.1. The van der Waals surface area contributed by atoms with Crippen LogP contribution in [0.1, 0.15) is 55.7 Å². The number of unbranched alkanes of at least 4 members (excludes halogenated alkanes) is 3. The number of aliphatic hydroxyl groups is 1. The summed E-state index contributed by atoms with van der Waals surface area (Å²) in [6, 6.07) is 9.54. The van der Waals surface area contributed by atoms with E-state index < -0.39 is 0 Å². The third kappa shape index (κ3) is 4.96. The maximum absolute atomic E-state index is 8.75. The van der Waals surface area contributed by atoms with Gasteiger partial charge >= 0.3 is 0 Å². The van der Waals surface area contributed by atoms with E-state index in [1.807, 2.05) is 0 Å². The summed E-state index contributed by atoms with van der Waals surface area (Å²) in [5.41, 5.74) is 2.78. The lowest BCUT2D eigenvalue weighted by Gasteiger charge is -2.19. The standard InChI is InChI=1S/C17H27NO/c1-14-6-8-15(9-7-14)17(16-10-11-16)18-12-4-2-3-5-13-19/h6-9,16-19H,2-5,10-13H2,1H3. The molecule has 1 aromatic carbocycles. The molecule has 0 heterocycles. The Morgan fingerprint density at radius 2 is 1.79 bits per heavy atom. The minimum atomic E-state index is 0.335. The van der Waals surface area contributed by atoms with E-state index in [0.29, 0.717) is 12.6 Å². The van der Waals surface area contributed by atoms with Gasteiger partial charge in [0.1, 0.15) is 0 Å². The van der Waals surface area contributed by atoms with Gasteiger partial charge in [-0.05, 0) is 50.6 Å². The van der Waals surface area contributed by atoms with E-state index >= 15 is 0 Å². The van der Waals surface area contributed by atoms with Gasteiger partial charge in [0.15, 0.2) is 0 Å². The van der Waals surface area contributed by atoms with E-state index in [1.165, 1.54) is 36.8 Å². The molecular formula is C17H27NO. The molecule has 0 saturated heterocycles. The maximum atomic E-state index is 8.75. The van der Waals surface area contributed by atoms with Crippen LogP contribution < -0.4 is 5.32 Å². The fourth-order valence-corrected chi connectivity index (χ4v) is 2.61. The van der Waals surface area contributed by atoms with Crippen LogP contribution in [0.3, 0.4) is 0 Å². The van der Waals surface area contributed by atoms with Gasteiger partial charge in [-0.3, -0.25) is 0 Å². The molecular weight excluding hydrogens is 234 g/mol. The fourth-order valence-electron chi connectivity index (χ4n) is 2.61. The van der Waals surface area contributed by atoms with Crippen molar-refractivity contribution < 1.29 is 5.11 Å². The van der Waals surface area contributed by atoms with E-state index in [9.17, 15) is 0 Å². The van der Waals surface area contributed by atoms with Gasteiger partial charge in [0.05, 0.1) is 0 Å². The van der Waals surface area contributed by atoms with Crippen LogP contribution in [0.2, 0.25) is 0 Å². The van der Waals surface area contributed by atoms with Crippen LogP contribution in [0.5, 0.6) is 0 Å². The zero-order valence-corrected chi connectivity index (χ0v) is 12.1. The average molecular weight is 261 g/mol. The normalized spacial score (nSPS) is 16.5. The summed E-state index contributed by atoms with van der Waals surface area (Å²) in [6.45, 7) is 3.58. The molecule has 106 valence electrons. The van der Waals surface area contributed by atoms with Gasteiger partial charge in [0.25, 0.3) is 0 Å². The predicted molar refractivity (Wildman–Crippen MR) is 80.2 cm³/mol. The molecule has 0 amide bonds. The second-order valence-electron chi connectivity index (χ2n) is 5.82. The van der Waals surface area contributed by atoms with E-state index in [1.54, 1.807) is 0 Å². The van der Waals surface area contributed by atoms with Gasteiger partial charge in [-0.15, -0.1) is 0 Å². The van der Waals surface area contributed by atoms with Gasteiger partial charge < -0.3 is 10.4 Å². The van der Waals surface area contributed by atoms with Crippen molar-refractivity contribution in [2.75, 3.05) is 13.2 Å². The minimum Gasteiger partial charge on any atom is -0.396 e. The lowest BCUT2D eigenvalue weighted by atomic mass is 10.0. The Bertz CT molecular complexity index is 356. The number of benzene rings is 1. The Morgan fingerprint density at radius 3 is 2.42 bits per heavy atom. The first-order valence-corrected chi connectivity index (χ1v) is 7.72. The molecule has 0 bridgehead atoms. The third-order valence-corrected chi connectivity index (χ3v) is 3.98. The van der Waals surface area contributed by atoms with Gasteiger partial charge in [0, 0.05) is 12.6 Å². The molecule has 0 aromatic heterocycles. The van der Waals surface area contributed by atoms with Crippen molar-refractivity contribution in [3.05, 3.63) is 35.4 Å². The van der Waals surface area contributed by atoms with Crippen molar-refractivity contribution in [2.24, 2.45) is 5.92 Å². The molecule has 1 aromatic rings. The molecule has 0 aliphatic heterocycles. The molecule has 2 heteroatoms. The van der Waals surface area contributed by atoms with Gasteiger partial charge in [-0.1, -0.05) is 42.7 Å². The first-order chi connectivity index (χ1) is 9.31. The molecule has 1 fully saturated rings. The quantitative estimate of drug-likeness (QED) is 0.666. The van der Waals surface area contributed by atoms with Crippen LogP contribution in [0.15, 0.2) is 24.3 Å². The molecule has 2 rings (SSSR count). The van der Waals surface area contributed by atoms with E-state index in [2.05, 4.69) is 36.5 Å². The summed E-state index contributed by atoms with van der Waals surface area (Å²) in [6.07, 6.45) is 7.28. The highest BCUT2D eigenvalue weighted by atomic mass is 16.2. The van der Waals surface area contributed by atoms with Crippen LogP contribution in [-0.4, -0.2) is 18.3 Å². The van der Waals surface area contributed by atoms with Crippen molar-refractivity contribution in [1.29, 1.82) is 0 Å². The summed E-state index contributed by atoms with van der Waals surface area (Å²) in [7, 11) is 0. The van der Waals surface area contributed by atoms with E-state index in [4.69, 9.17) is 5.11 Å². The average Bonchev–Trinajstić information content (AvgIpc) is 3.24. The third-order valence-electron chi connectivity index (χ3n) is 3.98. The van der Waals surface area contributed by atoms with Crippen LogP contribution >= 0.6 is 0 Å². The van der Waals surface area contributed by atoms with Crippen molar-refractivity contribution in [2.45, 2.75) is 51.5 Å². The predicted octanol–water partition coefficient (Wildman–Crippen LogP) is 3.59. The number of nitrogens with one attached hydrogen (secondary N) is 1. The molecule has 1 saturated carbocycles. The molecule has 0 radical (unpaired) electrons. The highest BCUT2D eigenvalue weighted by molar-refractivity contribution is 5.25. The molecule has 1 aliphatic rings. The lowest BCUT2D eigenvalue weighted by molar-refractivity contribution is 0.282. The Balaban J connectivity index is 1.75. The molecule has 2 N–H and O–H groups in total. The molecule has 2 nitrogen and oxygen atoms in total. The number of hydrogen-bond acceptors (Lipinski definition) is 2. The van der Waals surface area contributed by atoms with Crippen molar-refractivity contribution in [3.63, 3.8) is 0 Å². The van der Waals surface area contributed by atoms with Crippen molar-refractivity contribution in [1.82, 2.24) is 5.32 Å². The Labute approximate surface area is 117 Å². The van der Waals surface area contributed by atoms with Crippen LogP contribution in [0.25, 0.3) is 0 Å². The Morgan fingerprint density at radius 1 is 1.11 bits per heavy atom. The summed E-state index contributed by atoms with van der Waals surface area (Å²) < 4.78 is 0. The van der Waals surface area contributed by atoms with E-state index in [0.717, 1.165) is 25.3 Å². The highest BCUT2D eigenvalue weighted by Gasteiger charge is 2.31. The summed E-state index contributed by atoms with van der Waals surface area (Å²) >= 11 is 0. The van der Waals surface area contributed by atoms with Crippen LogP contribution in [-0.2, 0) is 0 Å². The van der Waals surface area contributed by atoms with Gasteiger partial charge in [-0.2, -0.15) is 0 Å². The minimum absolute atomic E-state index is 0.335. The largest absolute Gasteiger partial charge is 0.396 e. The summed E-state index contributed by atoms with van der Waals surface area (Å²) in [5.74, 6) is 0.847. The van der Waals surface area contributed by atoms with E-state index in [-0.39, 0.29) is 0 Å². The topological polar surface area (TPSA) is 32.3 Å². The maximum Gasteiger partial charge on any atom is 0.0431 e. The molecule has 1 atom stereocenters. The number of aliphatic hydroxyl groups excluding tert-OH is 1. The van der Waals surface area contributed by atoms with Gasteiger partial charge in [0.2, 0.25) is 0 Å². The number of rotatable bonds is 9. The van der Waals surface area contributed by atoms with Crippen LogP contribution in [0.4, 0.5) is 0 Å². The Hall–Kier alpha value is -0.860. The first-order valence-electron chi connectivity index (χ1n) is 7.72. The van der Waals surface area contributed by atoms with Crippen molar-refractivity contribution in [3.8, 4) is 0 Å². The second kappa shape index (κ2) is 7.66. The molecule has 19 heavy (non-hydrogen) atoms. The first kappa shape index (κ1) is 14.5. The number of hydrogen-bond donors (Lipinski definition) is 2. The summed E-state index contributed by atoms with van der Waals surface area (Å²) in [4.78, 5) is 0. The molecule has 1 unspecified atom stereocenters. The SMILES string of the molecule is Cc1ccc(C(NCCCCCCO)C2CC2)cc1. The van der Waals surface area contributed by atoms with Gasteiger partial charge in [-0.25, -0.2) is 0 Å². The van der Waals surface area contributed by atoms with Crippen LogP contribution in [0, 0.1) is 12.8 Å². The Kier molecular flexibility index (Phi) is 5.87. The lowest BCUT2D eigenvalue weighted by Crippen LogP contribution is -2.24. The second-order valence-corrected chi connectivity index (χ2v) is 5.82. The smallest absolute Gasteiger partial charge is 0.0431 e. The summed E-state index contributed by atoms with van der Waals surface area (Å²) in [5, 5.41) is 12.5. The molecule has 0 spiro atoms. The number of aryl methyl sites for hydroxylation is 1. The monoisotopic (exact) mass is 261 g/mol.